The zero-order valence-electron chi connectivity index (χ0n) is 17.3. The van der Waals surface area contributed by atoms with E-state index < -0.39 is 0 Å². The highest BCUT2D eigenvalue weighted by molar-refractivity contribution is 6.31. The second kappa shape index (κ2) is 9.67. The highest BCUT2D eigenvalue weighted by Crippen LogP contribution is 2.21. The summed E-state index contributed by atoms with van der Waals surface area (Å²) in [6.45, 7) is 3.63. The molecule has 1 amide bonds. The number of aromatic nitrogens is 2. The summed E-state index contributed by atoms with van der Waals surface area (Å²) >= 11 is 6.08. The molecule has 0 unspecified atom stereocenters. The monoisotopic (exact) mass is 433 g/mol. The van der Waals surface area contributed by atoms with E-state index >= 15 is 0 Å². The lowest BCUT2D eigenvalue weighted by Crippen LogP contribution is -2.24. The summed E-state index contributed by atoms with van der Waals surface area (Å²) in [4.78, 5) is 17.2. The number of amides is 1. The number of fused-ring (bicyclic) bond motifs is 1. The zero-order chi connectivity index (χ0) is 21.6. The first-order valence-electron chi connectivity index (χ1n) is 10.3. The van der Waals surface area contributed by atoms with Crippen LogP contribution in [0.15, 0.2) is 72.8 Å². The average molecular weight is 434 g/mol. The van der Waals surface area contributed by atoms with Gasteiger partial charge in [0.2, 0.25) is 0 Å². The van der Waals surface area contributed by atoms with Gasteiger partial charge in [-0.05, 0) is 61.4 Å². The molecule has 0 aliphatic heterocycles. The third-order valence-corrected chi connectivity index (χ3v) is 5.52. The van der Waals surface area contributed by atoms with Gasteiger partial charge in [-0.15, -0.1) is 0 Å². The van der Waals surface area contributed by atoms with Crippen molar-refractivity contribution in [3.05, 3.63) is 94.8 Å². The lowest BCUT2D eigenvalue weighted by Gasteiger charge is -2.12. The number of benzene rings is 3. The first-order valence-corrected chi connectivity index (χ1v) is 10.7. The van der Waals surface area contributed by atoms with Crippen LogP contribution in [0.5, 0.6) is 5.75 Å². The Morgan fingerprint density at radius 3 is 2.65 bits per heavy atom. The molecule has 0 aliphatic carbocycles. The number of nitrogens with zero attached hydrogens (tertiary/aromatic N) is 2. The third-order valence-electron chi connectivity index (χ3n) is 5.10. The second-order valence-electron chi connectivity index (χ2n) is 7.33. The molecule has 0 fully saturated rings. The lowest BCUT2D eigenvalue weighted by atomic mass is 10.2. The summed E-state index contributed by atoms with van der Waals surface area (Å²) in [6, 6.07) is 22.9. The summed E-state index contributed by atoms with van der Waals surface area (Å²) in [5.74, 6) is 1.53. The van der Waals surface area contributed by atoms with Crippen LogP contribution < -0.4 is 10.1 Å². The smallest absolute Gasteiger partial charge is 0.251 e. The molecule has 3 aromatic carbocycles. The maximum atomic E-state index is 12.4. The van der Waals surface area contributed by atoms with Gasteiger partial charge >= 0.3 is 0 Å². The molecule has 4 rings (SSSR count). The number of para-hydroxylation sites is 2. The zero-order valence-corrected chi connectivity index (χ0v) is 18.1. The molecule has 0 radical (unpaired) electrons. The van der Waals surface area contributed by atoms with E-state index in [0.717, 1.165) is 46.2 Å². The number of ether oxygens (including phenoxy) is 1. The SMILES string of the molecule is Cc1cc(OCCCn2c(CNC(=O)c3ccccc3)nc3ccccc32)ccc1Cl. The average Bonchev–Trinajstić information content (AvgIpc) is 3.15. The summed E-state index contributed by atoms with van der Waals surface area (Å²) in [7, 11) is 0. The van der Waals surface area contributed by atoms with Gasteiger partial charge in [-0.2, -0.15) is 0 Å². The molecule has 1 aromatic heterocycles. The van der Waals surface area contributed by atoms with Crippen molar-refractivity contribution in [2.45, 2.75) is 26.4 Å². The van der Waals surface area contributed by atoms with Crippen LogP contribution in [-0.2, 0) is 13.1 Å². The Bertz CT molecular complexity index is 1190. The predicted molar refractivity (Wildman–Crippen MR) is 124 cm³/mol. The molecular weight excluding hydrogens is 410 g/mol. The molecule has 5 nitrogen and oxygen atoms in total. The Balaban J connectivity index is 1.42. The number of hydrogen-bond donors (Lipinski definition) is 1. The highest BCUT2D eigenvalue weighted by atomic mass is 35.5. The van der Waals surface area contributed by atoms with Crippen LogP contribution in [0.25, 0.3) is 11.0 Å². The van der Waals surface area contributed by atoms with Crippen molar-refractivity contribution in [3.8, 4) is 5.75 Å². The molecule has 0 atom stereocenters. The fraction of sp³-hybridized carbons (Fsp3) is 0.200. The Labute approximate surface area is 186 Å². The number of rotatable bonds is 8. The Morgan fingerprint density at radius 1 is 1.06 bits per heavy atom. The molecule has 0 spiro atoms. The van der Waals surface area contributed by atoms with Crippen LogP contribution in [0, 0.1) is 6.92 Å². The number of imidazole rings is 1. The van der Waals surface area contributed by atoms with Crippen molar-refractivity contribution in [2.75, 3.05) is 6.61 Å². The molecule has 1 heterocycles. The van der Waals surface area contributed by atoms with E-state index in [9.17, 15) is 4.79 Å². The van der Waals surface area contributed by atoms with Crippen LogP contribution in [0.2, 0.25) is 5.02 Å². The van der Waals surface area contributed by atoms with Crippen LogP contribution in [-0.4, -0.2) is 22.1 Å². The molecule has 1 N–H and O–H groups in total. The number of carbonyl (C=O) groups is 1. The summed E-state index contributed by atoms with van der Waals surface area (Å²) < 4.78 is 8.04. The Hall–Kier alpha value is -3.31. The van der Waals surface area contributed by atoms with Gasteiger partial charge in [0, 0.05) is 17.1 Å². The van der Waals surface area contributed by atoms with Gasteiger partial charge in [-0.3, -0.25) is 4.79 Å². The van der Waals surface area contributed by atoms with Crippen LogP contribution in [0.3, 0.4) is 0 Å². The van der Waals surface area contributed by atoms with E-state index in [1.165, 1.54) is 0 Å². The normalized spacial score (nSPS) is 10.9. The molecule has 4 aromatic rings. The summed E-state index contributed by atoms with van der Waals surface area (Å²) in [5, 5.41) is 3.71. The maximum Gasteiger partial charge on any atom is 0.251 e. The standard InChI is InChI=1S/C25H24ClN3O2/c1-18-16-20(12-13-21(18)26)31-15-7-14-29-23-11-6-5-10-22(23)28-24(29)17-27-25(30)19-8-3-2-4-9-19/h2-6,8-13,16H,7,14-15,17H2,1H3,(H,27,30). The van der Waals surface area contributed by atoms with Crippen molar-refractivity contribution in [1.29, 1.82) is 0 Å². The van der Waals surface area contributed by atoms with E-state index in [1.54, 1.807) is 12.1 Å². The van der Waals surface area contributed by atoms with E-state index in [-0.39, 0.29) is 5.91 Å². The topological polar surface area (TPSA) is 56.1 Å². The van der Waals surface area contributed by atoms with Gasteiger partial charge in [-0.25, -0.2) is 4.98 Å². The summed E-state index contributed by atoms with van der Waals surface area (Å²) in [5.41, 5.74) is 3.60. The minimum atomic E-state index is -0.111. The number of halogens is 1. The first-order chi connectivity index (χ1) is 15.1. The van der Waals surface area contributed by atoms with Crippen molar-refractivity contribution in [3.63, 3.8) is 0 Å². The Morgan fingerprint density at radius 2 is 1.84 bits per heavy atom. The van der Waals surface area contributed by atoms with Crippen molar-refractivity contribution >= 4 is 28.5 Å². The van der Waals surface area contributed by atoms with E-state index in [4.69, 9.17) is 21.3 Å². The maximum absolute atomic E-state index is 12.4. The molecule has 6 heteroatoms. The minimum absolute atomic E-state index is 0.111. The van der Waals surface area contributed by atoms with Gasteiger partial charge in [0.15, 0.2) is 0 Å². The number of carbonyl (C=O) groups excluding carboxylic acids is 1. The molecule has 158 valence electrons. The van der Waals surface area contributed by atoms with Gasteiger partial charge in [0.1, 0.15) is 11.6 Å². The number of aryl methyl sites for hydroxylation is 2. The summed E-state index contributed by atoms with van der Waals surface area (Å²) in [6.07, 6.45) is 0.807. The van der Waals surface area contributed by atoms with Gasteiger partial charge in [0.05, 0.1) is 24.2 Å². The largest absolute Gasteiger partial charge is 0.494 e. The Kier molecular flexibility index (Phi) is 6.53. The van der Waals surface area contributed by atoms with Crippen molar-refractivity contribution < 1.29 is 9.53 Å². The van der Waals surface area contributed by atoms with E-state index in [2.05, 4.69) is 9.88 Å². The molecule has 31 heavy (non-hydrogen) atoms. The van der Waals surface area contributed by atoms with E-state index in [1.807, 2.05) is 67.6 Å². The van der Waals surface area contributed by atoms with Crippen molar-refractivity contribution in [1.82, 2.24) is 14.9 Å². The molecule has 0 saturated heterocycles. The third kappa shape index (κ3) is 5.06. The molecule has 0 aliphatic rings. The quantitative estimate of drug-likeness (QED) is 0.378. The van der Waals surface area contributed by atoms with Gasteiger partial charge < -0.3 is 14.6 Å². The minimum Gasteiger partial charge on any atom is -0.494 e. The van der Waals surface area contributed by atoms with Crippen molar-refractivity contribution in [2.24, 2.45) is 0 Å². The fourth-order valence-corrected chi connectivity index (χ4v) is 3.60. The van der Waals surface area contributed by atoms with Crippen LogP contribution in [0.1, 0.15) is 28.2 Å². The number of nitrogens with one attached hydrogen (secondary N) is 1. The van der Waals surface area contributed by atoms with Crippen LogP contribution in [0.4, 0.5) is 0 Å². The molecule has 0 bridgehead atoms. The second-order valence-corrected chi connectivity index (χ2v) is 7.74. The number of hydrogen-bond acceptors (Lipinski definition) is 3. The molecular formula is C25H24ClN3O2. The first kappa shape index (κ1) is 20.9. The molecule has 0 saturated carbocycles. The van der Waals surface area contributed by atoms with E-state index in [0.29, 0.717) is 18.7 Å². The fourth-order valence-electron chi connectivity index (χ4n) is 3.48. The van der Waals surface area contributed by atoms with Gasteiger partial charge in [-0.1, -0.05) is 41.9 Å². The van der Waals surface area contributed by atoms with Gasteiger partial charge in [0.25, 0.3) is 5.91 Å². The lowest BCUT2D eigenvalue weighted by molar-refractivity contribution is 0.0949. The highest BCUT2D eigenvalue weighted by Gasteiger charge is 2.12. The predicted octanol–water partition coefficient (Wildman–Crippen LogP) is 5.40. The van der Waals surface area contributed by atoms with Crippen LogP contribution >= 0.6 is 11.6 Å².